The molecule has 20 heavy (non-hydrogen) atoms. The van der Waals surface area contributed by atoms with E-state index in [0.29, 0.717) is 17.6 Å². The summed E-state index contributed by atoms with van der Waals surface area (Å²) in [4.78, 5) is 25.2. The van der Waals surface area contributed by atoms with Crippen LogP contribution in [0.15, 0.2) is 35.1 Å². The van der Waals surface area contributed by atoms with Crippen molar-refractivity contribution in [3.63, 3.8) is 0 Å². The molecule has 0 saturated carbocycles. The van der Waals surface area contributed by atoms with Gasteiger partial charge in [0.25, 0.3) is 5.56 Å². The van der Waals surface area contributed by atoms with Crippen LogP contribution in [0.1, 0.15) is 26.2 Å². The monoisotopic (exact) mass is 274 g/mol. The number of aromatic nitrogens is 1. The van der Waals surface area contributed by atoms with Crippen LogP contribution in [0.4, 0.5) is 5.82 Å². The Morgan fingerprint density at radius 1 is 1.40 bits per heavy atom. The van der Waals surface area contributed by atoms with Gasteiger partial charge in [0.05, 0.1) is 0 Å². The fourth-order valence-electron chi connectivity index (χ4n) is 2.19. The smallest absolute Gasteiger partial charge is 0.303 e. The summed E-state index contributed by atoms with van der Waals surface area (Å²) in [5.41, 5.74) is -0.122. The van der Waals surface area contributed by atoms with Gasteiger partial charge in [0.15, 0.2) is 0 Å². The van der Waals surface area contributed by atoms with Crippen molar-refractivity contribution in [1.82, 2.24) is 4.98 Å². The van der Waals surface area contributed by atoms with Crippen molar-refractivity contribution in [3.05, 3.63) is 40.7 Å². The Bertz CT molecular complexity index is 663. The number of nitrogens with one attached hydrogen (secondary N) is 2. The highest BCUT2D eigenvalue weighted by atomic mass is 16.4. The molecule has 1 aromatic carbocycles. The molecular weight excluding hydrogens is 256 g/mol. The van der Waals surface area contributed by atoms with E-state index in [1.165, 1.54) is 0 Å². The molecular formula is C15H18N2O3. The zero-order valence-corrected chi connectivity index (χ0v) is 11.3. The molecule has 106 valence electrons. The zero-order chi connectivity index (χ0) is 14.5. The minimum absolute atomic E-state index is 0.103. The fraction of sp³-hybridized carbons (Fsp3) is 0.333. The second-order valence-electron chi connectivity index (χ2n) is 4.93. The van der Waals surface area contributed by atoms with Crippen LogP contribution >= 0.6 is 0 Å². The van der Waals surface area contributed by atoms with E-state index in [2.05, 4.69) is 10.3 Å². The molecule has 5 nitrogen and oxygen atoms in total. The number of H-pyrrole nitrogens is 1. The number of hydrogen-bond donors (Lipinski definition) is 3. The number of pyridine rings is 1. The van der Waals surface area contributed by atoms with Gasteiger partial charge < -0.3 is 15.4 Å². The van der Waals surface area contributed by atoms with Crippen molar-refractivity contribution in [2.45, 2.75) is 32.2 Å². The number of hydrogen-bond acceptors (Lipinski definition) is 3. The molecule has 0 aliphatic carbocycles. The second-order valence-corrected chi connectivity index (χ2v) is 4.93. The van der Waals surface area contributed by atoms with E-state index in [-0.39, 0.29) is 18.0 Å². The molecule has 1 atom stereocenters. The van der Waals surface area contributed by atoms with Gasteiger partial charge in [-0.2, -0.15) is 0 Å². The highest BCUT2D eigenvalue weighted by Gasteiger charge is 2.06. The second kappa shape index (κ2) is 6.23. The molecule has 0 radical (unpaired) electrons. The van der Waals surface area contributed by atoms with Crippen molar-refractivity contribution in [2.24, 2.45) is 0 Å². The fourth-order valence-corrected chi connectivity index (χ4v) is 2.19. The number of carbonyl (C=O) groups is 1. The maximum atomic E-state index is 11.9. The molecule has 0 bridgehead atoms. The zero-order valence-electron chi connectivity index (χ0n) is 11.3. The number of carboxylic acid groups (broad SMARTS) is 1. The summed E-state index contributed by atoms with van der Waals surface area (Å²) >= 11 is 0. The predicted octanol–water partition coefficient (Wildman–Crippen LogP) is 2.58. The Labute approximate surface area is 116 Å². The lowest BCUT2D eigenvalue weighted by Crippen LogP contribution is -2.19. The molecule has 1 aromatic heterocycles. The summed E-state index contributed by atoms with van der Waals surface area (Å²) < 4.78 is 0. The molecule has 0 aliphatic heterocycles. The summed E-state index contributed by atoms with van der Waals surface area (Å²) in [6.07, 6.45) is 1.52. The van der Waals surface area contributed by atoms with Crippen LogP contribution in [0.25, 0.3) is 10.8 Å². The van der Waals surface area contributed by atoms with E-state index in [9.17, 15) is 9.59 Å². The number of aliphatic carboxylic acids is 1. The van der Waals surface area contributed by atoms with Crippen LogP contribution in [-0.2, 0) is 4.79 Å². The van der Waals surface area contributed by atoms with E-state index in [1.54, 1.807) is 6.07 Å². The maximum absolute atomic E-state index is 11.9. The summed E-state index contributed by atoms with van der Waals surface area (Å²) in [5, 5.41) is 13.4. The van der Waals surface area contributed by atoms with Crippen LogP contribution in [-0.4, -0.2) is 22.1 Å². The van der Waals surface area contributed by atoms with E-state index >= 15 is 0 Å². The van der Waals surface area contributed by atoms with Gasteiger partial charge in [-0.1, -0.05) is 18.2 Å². The summed E-state index contributed by atoms with van der Waals surface area (Å²) in [5.74, 6) is -0.118. The Balaban J connectivity index is 2.06. The third-order valence-corrected chi connectivity index (χ3v) is 3.18. The first-order chi connectivity index (χ1) is 9.56. The van der Waals surface area contributed by atoms with Crippen LogP contribution in [0.3, 0.4) is 0 Å². The number of aromatic amines is 1. The Morgan fingerprint density at radius 3 is 2.90 bits per heavy atom. The number of benzene rings is 1. The molecule has 0 fully saturated rings. The third kappa shape index (κ3) is 3.60. The Morgan fingerprint density at radius 2 is 2.15 bits per heavy atom. The average molecular weight is 274 g/mol. The van der Waals surface area contributed by atoms with Crippen molar-refractivity contribution in [2.75, 3.05) is 5.32 Å². The van der Waals surface area contributed by atoms with Gasteiger partial charge in [-0.25, -0.2) is 0 Å². The van der Waals surface area contributed by atoms with E-state index in [4.69, 9.17) is 5.11 Å². The highest BCUT2D eigenvalue weighted by Crippen LogP contribution is 2.14. The van der Waals surface area contributed by atoms with Crippen LogP contribution in [0.5, 0.6) is 0 Å². The standard InChI is InChI=1S/C15H18N2O3/c1-10(5-4-8-14(18)19)16-13-9-11-6-2-3-7-12(11)15(20)17-13/h2-3,6-7,9-10H,4-5,8H2,1H3,(H,18,19)(H2,16,17,20). The number of carboxylic acids is 1. The summed E-state index contributed by atoms with van der Waals surface area (Å²) in [6, 6.07) is 9.40. The Hall–Kier alpha value is -2.30. The number of anilines is 1. The molecule has 0 amide bonds. The SMILES string of the molecule is CC(CCCC(=O)O)Nc1cc2ccccc2c(=O)[nH]1. The molecule has 3 N–H and O–H groups in total. The van der Waals surface area contributed by atoms with Gasteiger partial charge in [0, 0.05) is 17.8 Å². The van der Waals surface area contributed by atoms with Gasteiger partial charge in [-0.3, -0.25) is 9.59 Å². The van der Waals surface area contributed by atoms with Gasteiger partial charge >= 0.3 is 5.97 Å². The first-order valence-electron chi connectivity index (χ1n) is 6.66. The first kappa shape index (κ1) is 14.1. The van der Waals surface area contributed by atoms with Crippen LogP contribution < -0.4 is 10.9 Å². The van der Waals surface area contributed by atoms with Crippen molar-refractivity contribution < 1.29 is 9.90 Å². The van der Waals surface area contributed by atoms with Gasteiger partial charge in [0.1, 0.15) is 5.82 Å². The van der Waals surface area contributed by atoms with E-state index in [1.807, 2.05) is 31.2 Å². The number of fused-ring (bicyclic) bond motifs is 1. The lowest BCUT2D eigenvalue weighted by atomic mass is 10.1. The van der Waals surface area contributed by atoms with E-state index in [0.717, 1.165) is 11.8 Å². The molecule has 0 spiro atoms. The van der Waals surface area contributed by atoms with Gasteiger partial charge in [-0.15, -0.1) is 0 Å². The van der Waals surface area contributed by atoms with Crippen LogP contribution in [0, 0.1) is 0 Å². The molecule has 0 aliphatic rings. The van der Waals surface area contributed by atoms with Gasteiger partial charge in [0.2, 0.25) is 0 Å². The largest absolute Gasteiger partial charge is 0.481 e. The minimum Gasteiger partial charge on any atom is -0.481 e. The molecule has 1 unspecified atom stereocenters. The lowest BCUT2D eigenvalue weighted by molar-refractivity contribution is -0.137. The molecule has 0 saturated heterocycles. The molecule has 5 heteroatoms. The van der Waals surface area contributed by atoms with E-state index < -0.39 is 5.97 Å². The van der Waals surface area contributed by atoms with Crippen molar-refractivity contribution in [1.29, 1.82) is 0 Å². The summed E-state index contributed by atoms with van der Waals surface area (Å²) in [7, 11) is 0. The highest BCUT2D eigenvalue weighted by molar-refractivity contribution is 5.83. The lowest BCUT2D eigenvalue weighted by Gasteiger charge is -2.14. The van der Waals surface area contributed by atoms with Crippen LogP contribution in [0.2, 0.25) is 0 Å². The minimum atomic E-state index is -0.781. The summed E-state index contributed by atoms with van der Waals surface area (Å²) in [6.45, 7) is 1.97. The normalized spacial score (nSPS) is 12.2. The molecule has 2 aromatic rings. The molecule has 1 heterocycles. The number of rotatable bonds is 6. The topological polar surface area (TPSA) is 82.2 Å². The van der Waals surface area contributed by atoms with Crippen molar-refractivity contribution in [3.8, 4) is 0 Å². The quantitative estimate of drug-likeness (QED) is 0.756. The third-order valence-electron chi connectivity index (χ3n) is 3.18. The van der Waals surface area contributed by atoms with Gasteiger partial charge in [-0.05, 0) is 37.3 Å². The molecule has 2 rings (SSSR count). The maximum Gasteiger partial charge on any atom is 0.303 e. The predicted molar refractivity (Wildman–Crippen MR) is 79.1 cm³/mol. The first-order valence-corrected chi connectivity index (χ1v) is 6.66. The van der Waals surface area contributed by atoms with Crippen molar-refractivity contribution >= 4 is 22.6 Å². The average Bonchev–Trinajstić information content (AvgIpc) is 2.38. The Kier molecular flexibility index (Phi) is 4.40.